The normalized spacial score (nSPS) is 16.7. The monoisotopic (exact) mass is 307 g/mol. The molecule has 0 unspecified atom stereocenters. The molecule has 1 aromatic heterocycles. The molecule has 1 aliphatic heterocycles. The first kappa shape index (κ1) is 13.8. The highest BCUT2D eigenvalue weighted by molar-refractivity contribution is 8.14. The van der Waals surface area contributed by atoms with Crippen LogP contribution in [0.2, 0.25) is 0 Å². The molecule has 2 aromatic rings. The number of hydrogen-bond donors (Lipinski definition) is 1. The maximum Gasteiger partial charge on any atom is 0.177 e. The van der Waals surface area contributed by atoms with Gasteiger partial charge in [-0.3, -0.25) is 10.4 Å². The highest BCUT2D eigenvalue weighted by Crippen LogP contribution is 2.16. The number of benzene rings is 1. The van der Waals surface area contributed by atoms with E-state index in [1.54, 1.807) is 12.3 Å². The summed E-state index contributed by atoms with van der Waals surface area (Å²) in [6.07, 6.45) is 1.59. The van der Waals surface area contributed by atoms with Crippen LogP contribution < -0.4 is 5.43 Å². The zero-order chi connectivity index (χ0) is 14.7. The van der Waals surface area contributed by atoms with Gasteiger partial charge in [-0.25, -0.2) is 8.78 Å². The van der Waals surface area contributed by atoms with Crippen LogP contribution in [0, 0.1) is 11.6 Å². The fourth-order valence-corrected chi connectivity index (χ4v) is 2.54. The van der Waals surface area contributed by atoms with Gasteiger partial charge in [0.05, 0.1) is 18.5 Å². The van der Waals surface area contributed by atoms with Gasteiger partial charge in [0.2, 0.25) is 0 Å². The molecule has 108 valence electrons. The van der Waals surface area contributed by atoms with Crippen LogP contribution >= 0.6 is 11.8 Å². The van der Waals surface area contributed by atoms with E-state index in [0.717, 1.165) is 17.9 Å². The third-order valence-corrected chi connectivity index (χ3v) is 3.76. The highest BCUT2D eigenvalue weighted by atomic mass is 32.2. The van der Waals surface area contributed by atoms with Gasteiger partial charge < -0.3 is 4.42 Å². The Bertz CT molecular complexity index is 698. The number of amidine groups is 1. The Hall–Kier alpha value is -2.15. The van der Waals surface area contributed by atoms with Crippen molar-refractivity contribution in [1.82, 2.24) is 5.43 Å². The summed E-state index contributed by atoms with van der Waals surface area (Å²) < 4.78 is 31.3. The van der Waals surface area contributed by atoms with Gasteiger partial charge in [0, 0.05) is 11.3 Å². The van der Waals surface area contributed by atoms with Crippen molar-refractivity contribution in [1.29, 1.82) is 0 Å². The van der Waals surface area contributed by atoms with Gasteiger partial charge in [0.25, 0.3) is 0 Å². The van der Waals surface area contributed by atoms with Gasteiger partial charge in [-0.05, 0) is 30.3 Å². The van der Waals surface area contributed by atoms with Gasteiger partial charge in [0.15, 0.2) is 16.8 Å². The Morgan fingerprint density at radius 1 is 1.29 bits per heavy atom. The van der Waals surface area contributed by atoms with Gasteiger partial charge in [0.1, 0.15) is 5.76 Å². The number of halogens is 2. The second kappa shape index (κ2) is 6.09. The number of thioether (sulfide) groups is 1. The van der Waals surface area contributed by atoms with E-state index in [2.05, 4.69) is 15.5 Å². The fourth-order valence-electron chi connectivity index (χ4n) is 1.77. The summed E-state index contributed by atoms with van der Waals surface area (Å²) >= 11 is 1.45. The largest absolute Gasteiger partial charge is 0.467 e. The van der Waals surface area contributed by atoms with Crippen molar-refractivity contribution in [2.75, 3.05) is 5.75 Å². The quantitative estimate of drug-likeness (QED) is 0.947. The van der Waals surface area contributed by atoms with E-state index in [1.807, 2.05) is 6.07 Å². The first-order chi connectivity index (χ1) is 10.2. The zero-order valence-electron chi connectivity index (χ0n) is 10.8. The summed E-state index contributed by atoms with van der Waals surface area (Å²) in [5, 5.41) is 4.81. The molecule has 21 heavy (non-hydrogen) atoms. The second-order valence-electron chi connectivity index (χ2n) is 4.29. The van der Waals surface area contributed by atoms with Crippen molar-refractivity contribution in [3.05, 3.63) is 59.6 Å². The van der Waals surface area contributed by atoms with E-state index in [-0.39, 0.29) is 0 Å². The third-order valence-electron chi connectivity index (χ3n) is 2.84. The molecule has 3 rings (SSSR count). The first-order valence-corrected chi connectivity index (χ1v) is 7.18. The summed E-state index contributed by atoms with van der Waals surface area (Å²) in [5.41, 5.74) is 4.01. The minimum Gasteiger partial charge on any atom is -0.467 e. The van der Waals surface area contributed by atoms with E-state index >= 15 is 0 Å². The molecule has 4 nitrogen and oxygen atoms in total. The molecule has 0 atom stereocenters. The second-order valence-corrected chi connectivity index (χ2v) is 5.25. The molecule has 2 heterocycles. The van der Waals surface area contributed by atoms with E-state index in [9.17, 15) is 8.78 Å². The summed E-state index contributed by atoms with van der Waals surface area (Å²) in [6.45, 7) is 0.429. The van der Waals surface area contributed by atoms with Crippen LogP contribution in [0.1, 0.15) is 11.3 Å². The maximum atomic E-state index is 13.2. The summed E-state index contributed by atoms with van der Waals surface area (Å²) in [5.74, 6) is -0.441. The Kier molecular flexibility index (Phi) is 4.01. The zero-order valence-corrected chi connectivity index (χ0v) is 11.7. The lowest BCUT2D eigenvalue weighted by atomic mass is 10.1. The summed E-state index contributed by atoms with van der Waals surface area (Å²) in [4.78, 5) is 4.32. The van der Waals surface area contributed by atoms with Crippen molar-refractivity contribution in [3.63, 3.8) is 0 Å². The van der Waals surface area contributed by atoms with E-state index < -0.39 is 11.6 Å². The van der Waals surface area contributed by atoms with Crippen LogP contribution in [0.4, 0.5) is 8.78 Å². The van der Waals surface area contributed by atoms with Crippen LogP contribution in [0.15, 0.2) is 51.1 Å². The fraction of sp³-hybridized carbons (Fsp3) is 0.143. The topological polar surface area (TPSA) is 49.9 Å². The van der Waals surface area contributed by atoms with Crippen molar-refractivity contribution >= 4 is 22.6 Å². The smallest absolute Gasteiger partial charge is 0.177 e. The lowest BCUT2D eigenvalue weighted by molar-refractivity contribution is 0.508. The minimum absolute atomic E-state index is 0.429. The number of nitrogens with one attached hydrogen (secondary N) is 1. The van der Waals surface area contributed by atoms with E-state index in [1.165, 1.54) is 17.8 Å². The molecule has 0 fully saturated rings. The highest BCUT2D eigenvalue weighted by Gasteiger charge is 2.14. The van der Waals surface area contributed by atoms with Crippen LogP contribution in [-0.4, -0.2) is 16.6 Å². The van der Waals surface area contributed by atoms with Crippen molar-refractivity contribution in [2.24, 2.45) is 10.1 Å². The molecule has 0 radical (unpaired) electrons. The van der Waals surface area contributed by atoms with Gasteiger partial charge >= 0.3 is 0 Å². The maximum absolute atomic E-state index is 13.2. The van der Waals surface area contributed by atoms with Crippen molar-refractivity contribution in [2.45, 2.75) is 6.54 Å². The summed E-state index contributed by atoms with van der Waals surface area (Å²) in [6, 6.07) is 7.38. The molecule has 0 amide bonds. The third kappa shape index (κ3) is 3.30. The van der Waals surface area contributed by atoms with Crippen molar-refractivity contribution < 1.29 is 13.2 Å². The SMILES string of the molecule is Fc1ccc(C2=NNC(=NCc3ccco3)SC2)cc1F. The number of furan rings is 1. The number of nitrogens with zero attached hydrogens (tertiary/aromatic N) is 2. The van der Waals surface area contributed by atoms with Gasteiger partial charge in [-0.15, -0.1) is 0 Å². The van der Waals surface area contributed by atoms with E-state index in [0.29, 0.717) is 28.7 Å². The molecule has 0 saturated heterocycles. The number of aliphatic imine (C=N–C) groups is 1. The average Bonchev–Trinajstić information content (AvgIpc) is 3.02. The Balaban J connectivity index is 1.68. The molecule has 1 N–H and O–H groups in total. The molecule has 1 aromatic carbocycles. The van der Waals surface area contributed by atoms with Crippen LogP contribution in [0.3, 0.4) is 0 Å². The molecule has 0 aliphatic carbocycles. The lowest BCUT2D eigenvalue weighted by Crippen LogP contribution is -2.25. The number of hydrogen-bond acceptors (Lipinski definition) is 4. The predicted octanol–water partition coefficient (Wildman–Crippen LogP) is 3.15. The molecule has 0 saturated carbocycles. The summed E-state index contributed by atoms with van der Waals surface area (Å²) in [7, 11) is 0. The number of hydrazone groups is 1. The molecular weight excluding hydrogens is 296 g/mol. The Morgan fingerprint density at radius 3 is 2.86 bits per heavy atom. The first-order valence-electron chi connectivity index (χ1n) is 6.20. The number of rotatable bonds is 3. The Morgan fingerprint density at radius 2 is 2.19 bits per heavy atom. The van der Waals surface area contributed by atoms with Crippen molar-refractivity contribution in [3.8, 4) is 0 Å². The van der Waals surface area contributed by atoms with Gasteiger partial charge in [-0.2, -0.15) is 5.10 Å². The van der Waals surface area contributed by atoms with Crippen LogP contribution in [-0.2, 0) is 6.54 Å². The molecule has 0 bridgehead atoms. The predicted molar refractivity (Wildman–Crippen MR) is 78.3 cm³/mol. The molecule has 7 heteroatoms. The Labute approximate surface area is 124 Å². The van der Waals surface area contributed by atoms with E-state index in [4.69, 9.17) is 4.42 Å². The van der Waals surface area contributed by atoms with Crippen LogP contribution in [0.5, 0.6) is 0 Å². The molecular formula is C14H11F2N3OS. The van der Waals surface area contributed by atoms with Gasteiger partial charge in [-0.1, -0.05) is 11.8 Å². The average molecular weight is 307 g/mol. The van der Waals surface area contributed by atoms with Crippen LogP contribution in [0.25, 0.3) is 0 Å². The molecule has 1 aliphatic rings. The minimum atomic E-state index is -0.877. The standard InChI is InChI=1S/C14H11F2N3OS/c15-11-4-3-9(6-12(11)16)13-8-21-14(19-18-13)17-7-10-2-1-5-20-10/h1-6H,7-8H2,(H,17,19). The lowest BCUT2D eigenvalue weighted by Gasteiger charge is -2.14. The molecule has 0 spiro atoms.